The summed E-state index contributed by atoms with van der Waals surface area (Å²) >= 11 is 0. The van der Waals surface area contributed by atoms with E-state index >= 15 is 0 Å². The molecule has 176 valence electrons. The van der Waals surface area contributed by atoms with Gasteiger partial charge in [-0.15, -0.1) is 0 Å². The lowest BCUT2D eigenvalue weighted by Crippen LogP contribution is -2.36. The molecule has 4 atom stereocenters. The minimum Gasteiger partial charge on any atom is -0.386 e. The van der Waals surface area contributed by atoms with Gasteiger partial charge in [0, 0.05) is 49.4 Å². The number of rotatable bonds is 4. The standard InChI is InChI=1S/C24H23FN10/c1-10-17-14(19(17)26)9-35(10)23-18-13-5-11(25)6-15(27-2)20(13)32-22(18)33-24(34-23)31-12-7-16-21(30-8-12)29-4-3-28-16/h3-8,10,14,17,19,27H,9,26H2,1-2H3,(H2,31,32,33,34)/t10-,14+,17?,19+/m1/s1. The summed E-state index contributed by atoms with van der Waals surface area (Å²) in [6.07, 6.45) is 4.91. The molecule has 1 saturated heterocycles. The number of aromatic nitrogens is 6. The molecule has 5 N–H and O–H groups in total. The van der Waals surface area contributed by atoms with Crippen LogP contribution in [-0.2, 0) is 0 Å². The van der Waals surface area contributed by atoms with Crippen molar-refractivity contribution >= 4 is 56.2 Å². The molecule has 1 aliphatic carbocycles. The fourth-order valence-electron chi connectivity index (χ4n) is 5.59. The van der Waals surface area contributed by atoms with E-state index in [4.69, 9.17) is 15.7 Å². The highest BCUT2D eigenvalue weighted by Crippen LogP contribution is 2.51. The number of aromatic amines is 1. The molecular formula is C24H23FN10. The largest absolute Gasteiger partial charge is 0.386 e. The topological polar surface area (TPSA) is 134 Å². The second-order valence-corrected chi connectivity index (χ2v) is 9.30. The molecule has 4 aromatic heterocycles. The molecule has 5 heterocycles. The van der Waals surface area contributed by atoms with Gasteiger partial charge in [-0.25, -0.2) is 14.4 Å². The summed E-state index contributed by atoms with van der Waals surface area (Å²) in [7, 11) is 1.77. The molecule has 7 rings (SSSR count). The molecule has 11 heteroatoms. The zero-order valence-electron chi connectivity index (χ0n) is 19.1. The quantitative estimate of drug-likeness (QED) is 0.312. The van der Waals surface area contributed by atoms with E-state index in [0.29, 0.717) is 46.0 Å². The predicted molar refractivity (Wildman–Crippen MR) is 133 cm³/mol. The first kappa shape index (κ1) is 20.3. The van der Waals surface area contributed by atoms with E-state index in [-0.39, 0.29) is 17.9 Å². The van der Waals surface area contributed by atoms with E-state index in [1.807, 2.05) is 6.07 Å². The lowest BCUT2D eigenvalue weighted by Gasteiger charge is -2.27. The molecular weight excluding hydrogens is 447 g/mol. The minimum atomic E-state index is -0.321. The molecule has 1 saturated carbocycles. The predicted octanol–water partition coefficient (Wildman–Crippen LogP) is 3.16. The lowest BCUT2D eigenvalue weighted by molar-refractivity contribution is 0.612. The van der Waals surface area contributed by atoms with E-state index in [1.54, 1.807) is 25.6 Å². The maximum absolute atomic E-state index is 14.5. The molecule has 2 aliphatic rings. The third-order valence-corrected chi connectivity index (χ3v) is 7.38. The molecule has 0 amide bonds. The zero-order valence-corrected chi connectivity index (χ0v) is 19.1. The smallest absolute Gasteiger partial charge is 0.231 e. The molecule has 0 bridgehead atoms. The summed E-state index contributed by atoms with van der Waals surface area (Å²) in [4.78, 5) is 28.3. The molecule has 1 aliphatic heterocycles. The van der Waals surface area contributed by atoms with Crippen molar-refractivity contribution in [1.29, 1.82) is 0 Å². The third kappa shape index (κ3) is 3.01. The number of anilines is 4. The van der Waals surface area contributed by atoms with Gasteiger partial charge in [0.05, 0.1) is 28.5 Å². The molecule has 2 fully saturated rings. The Kier molecular flexibility index (Phi) is 4.16. The number of piperidine rings is 1. The van der Waals surface area contributed by atoms with Crippen LogP contribution in [0.4, 0.5) is 27.5 Å². The number of H-pyrrole nitrogens is 1. The number of pyridine rings is 1. The van der Waals surface area contributed by atoms with Crippen LogP contribution in [-0.4, -0.2) is 55.6 Å². The van der Waals surface area contributed by atoms with Crippen LogP contribution >= 0.6 is 0 Å². The number of halogens is 1. The molecule has 5 aromatic rings. The van der Waals surface area contributed by atoms with Gasteiger partial charge in [0.25, 0.3) is 0 Å². The first-order valence-corrected chi connectivity index (χ1v) is 11.6. The SMILES string of the molecule is CNc1cc(F)cc2c1[nH]c1nc(Nc3cnc4nccnc4c3)nc(N3C[C@H]4C([C@H]4N)[C@H]3C)c12. The number of nitrogens with one attached hydrogen (secondary N) is 3. The molecule has 0 radical (unpaired) electrons. The Balaban J connectivity index is 1.40. The average molecular weight is 471 g/mol. The van der Waals surface area contributed by atoms with Crippen molar-refractivity contribution < 1.29 is 4.39 Å². The zero-order chi connectivity index (χ0) is 23.8. The van der Waals surface area contributed by atoms with Gasteiger partial charge in [-0.2, -0.15) is 9.97 Å². The summed E-state index contributed by atoms with van der Waals surface area (Å²) in [6.45, 7) is 2.99. The van der Waals surface area contributed by atoms with Crippen molar-refractivity contribution in [3.8, 4) is 0 Å². The van der Waals surface area contributed by atoms with Crippen molar-refractivity contribution in [2.45, 2.75) is 19.0 Å². The van der Waals surface area contributed by atoms with E-state index < -0.39 is 0 Å². The minimum absolute atomic E-state index is 0.223. The monoisotopic (exact) mass is 470 g/mol. The van der Waals surface area contributed by atoms with Gasteiger partial charge < -0.3 is 26.3 Å². The Bertz CT molecular complexity index is 1630. The van der Waals surface area contributed by atoms with Gasteiger partial charge in [0.15, 0.2) is 5.65 Å². The van der Waals surface area contributed by atoms with Gasteiger partial charge in [-0.05, 0) is 31.0 Å². The van der Waals surface area contributed by atoms with Crippen molar-refractivity contribution in [2.75, 3.05) is 29.1 Å². The number of fused-ring (bicyclic) bond motifs is 5. The maximum Gasteiger partial charge on any atom is 0.231 e. The van der Waals surface area contributed by atoms with Crippen LogP contribution in [0.3, 0.4) is 0 Å². The highest BCUT2D eigenvalue weighted by Gasteiger charge is 2.58. The van der Waals surface area contributed by atoms with Gasteiger partial charge in [0.1, 0.15) is 22.8 Å². The van der Waals surface area contributed by atoms with Gasteiger partial charge in [-0.1, -0.05) is 0 Å². The summed E-state index contributed by atoms with van der Waals surface area (Å²) in [6, 6.07) is 5.32. The Morgan fingerprint density at radius 2 is 2.00 bits per heavy atom. The number of benzene rings is 1. The Hall–Kier alpha value is -4.12. The average Bonchev–Trinajstić information content (AvgIpc) is 3.16. The van der Waals surface area contributed by atoms with Crippen LogP contribution in [0.1, 0.15) is 6.92 Å². The summed E-state index contributed by atoms with van der Waals surface area (Å²) in [5, 5.41) is 7.88. The fourth-order valence-corrected chi connectivity index (χ4v) is 5.59. The van der Waals surface area contributed by atoms with E-state index in [0.717, 1.165) is 28.7 Å². The molecule has 10 nitrogen and oxygen atoms in total. The normalized spacial score (nSPS) is 23.3. The Labute approximate surface area is 199 Å². The van der Waals surface area contributed by atoms with Crippen LogP contribution in [0.2, 0.25) is 0 Å². The van der Waals surface area contributed by atoms with Crippen molar-refractivity contribution in [3.05, 3.63) is 42.6 Å². The number of hydrogen-bond donors (Lipinski definition) is 4. The summed E-state index contributed by atoms with van der Waals surface area (Å²) in [5.74, 6) is 1.74. The van der Waals surface area contributed by atoms with Crippen LogP contribution < -0.4 is 21.3 Å². The first-order chi connectivity index (χ1) is 17.0. The molecule has 1 unspecified atom stereocenters. The number of nitrogens with zero attached hydrogens (tertiary/aromatic N) is 6. The summed E-state index contributed by atoms with van der Waals surface area (Å²) < 4.78 is 14.5. The van der Waals surface area contributed by atoms with Crippen LogP contribution in [0.25, 0.3) is 33.1 Å². The van der Waals surface area contributed by atoms with Crippen LogP contribution in [0.5, 0.6) is 0 Å². The molecule has 1 aromatic carbocycles. The number of hydrogen-bond acceptors (Lipinski definition) is 9. The van der Waals surface area contributed by atoms with Gasteiger partial charge in [0.2, 0.25) is 5.95 Å². The highest BCUT2D eigenvalue weighted by molar-refractivity contribution is 6.15. The third-order valence-electron chi connectivity index (χ3n) is 7.38. The van der Waals surface area contributed by atoms with Crippen LogP contribution in [0, 0.1) is 17.7 Å². The number of nitrogens with two attached hydrogens (primary N) is 1. The Morgan fingerprint density at radius 3 is 2.80 bits per heavy atom. The lowest BCUT2D eigenvalue weighted by atomic mass is 10.1. The van der Waals surface area contributed by atoms with Gasteiger partial charge >= 0.3 is 0 Å². The van der Waals surface area contributed by atoms with Gasteiger partial charge in [-0.3, -0.25) is 4.98 Å². The van der Waals surface area contributed by atoms with E-state index in [2.05, 4.69) is 42.4 Å². The molecule has 0 spiro atoms. The Morgan fingerprint density at radius 1 is 1.14 bits per heavy atom. The first-order valence-electron chi connectivity index (χ1n) is 11.6. The van der Waals surface area contributed by atoms with Crippen molar-refractivity contribution in [1.82, 2.24) is 29.9 Å². The second kappa shape index (κ2) is 7.19. The van der Waals surface area contributed by atoms with Crippen LogP contribution in [0.15, 0.2) is 36.8 Å². The van der Waals surface area contributed by atoms with E-state index in [9.17, 15) is 4.39 Å². The van der Waals surface area contributed by atoms with E-state index in [1.165, 1.54) is 12.1 Å². The second-order valence-electron chi connectivity index (χ2n) is 9.30. The van der Waals surface area contributed by atoms with Crippen molar-refractivity contribution in [3.63, 3.8) is 0 Å². The maximum atomic E-state index is 14.5. The summed E-state index contributed by atoms with van der Waals surface area (Å²) in [5.41, 5.74) is 10.3. The highest BCUT2D eigenvalue weighted by atomic mass is 19.1. The van der Waals surface area contributed by atoms with Crippen molar-refractivity contribution in [2.24, 2.45) is 17.6 Å². The molecule has 35 heavy (non-hydrogen) atoms. The fraction of sp³-hybridized carbons (Fsp3) is 0.292.